The Labute approximate surface area is 527 Å². The molecule has 0 aliphatic heterocycles. The van der Waals surface area contributed by atoms with Crippen molar-refractivity contribution in [3.05, 3.63) is 144 Å². The van der Waals surface area contributed by atoms with Gasteiger partial charge in [0, 0.05) is 63.9 Å². The second-order valence-electron chi connectivity index (χ2n) is 17.0. The number of nitrogens with two attached hydrogens (primary N) is 1. The average molecular weight is 1070 g/mol. The summed E-state index contributed by atoms with van der Waals surface area (Å²) in [6, 6.07) is 44.6. The SMILES string of the molecule is COCCBr.COCCOC1CCC(N(Cc2ccccc2)Cc2ccccc2)CC1.NC1CCC(O)CC1.O=CO[O-].OC1CCC(N(Cc2ccccc2)Cc2ccccc2)CC1.[H-].[H-].[K+].[K+].[Na+]. The van der Waals surface area contributed by atoms with Crippen LogP contribution in [0.1, 0.15) is 102 Å². The molecule has 15 heteroatoms. The Balaban J connectivity index is -0.000000920. The van der Waals surface area contributed by atoms with E-state index in [4.69, 9.17) is 30.4 Å². The van der Waals surface area contributed by atoms with Crippen LogP contribution in [0.25, 0.3) is 0 Å². The fourth-order valence-corrected chi connectivity index (χ4v) is 8.70. The summed E-state index contributed by atoms with van der Waals surface area (Å²) in [5, 5.41) is 28.1. The van der Waals surface area contributed by atoms with Crippen LogP contribution in [0.2, 0.25) is 0 Å². The first-order valence-electron chi connectivity index (χ1n) is 23.4. The van der Waals surface area contributed by atoms with Crippen LogP contribution in [0.15, 0.2) is 121 Å². The van der Waals surface area contributed by atoms with E-state index in [0.29, 0.717) is 37.4 Å². The van der Waals surface area contributed by atoms with Gasteiger partial charge >= 0.3 is 132 Å². The normalized spacial score (nSPS) is 20.5. The first kappa shape index (κ1) is 68.7. The predicted molar refractivity (Wildman–Crippen MR) is 264 cm³/mol. The maximum atomic E-state index is 9.77. The van der Waals surface area contributed by atoms with E-state index in [1.54, 1.807) is 14.2 Å². The summed E-state index contributed by atoms with van der Waals surface area (Å²) in [6.07, 6.45) is 12.8. The summed E-state index contributed by atoms with van der Waals surface area (Å²) in [7, 11) is 3.41. The maximum absolute atomic E-state index is 9.77. The molecule has 0 unspecified atom stereocenters. The topological polar surface area (TPSA) is 150 Å². The number of ether oxygens (including phenoxy) is 3. The van der Waals surface area contributed by atoms with Crippen molar-refractivity contribution in [3.8, 4) is 0 Å². The molecular formula is C53H79BrK2N3NaO8. The first-order valence-corrected chi connectivity index (χ1v) is 24.5. The molecule has 4 aromatic carbocycles. The van der Waals surface area contributed by atoms with Gasteiger partial charge in [0.15, 0.2) is 0 Å². The maximum Gasteiger partial charge on any atom is 1.00 e. The Kier molecular flexibility index (Phi) is 45.7. The molecule has 0 heterocycles. The summed E-state index contributed by atoms with van der Waals surface area (Å²) >= 11 is 3.18. The number of aliphatic hydroxyl groups excluding tert-OH is 2. The van der Waals surface area contributed by atoms with Gasteiger partial charge in [-0.15, -0.1) is 0 Å². The number of alkyl halides is 1. The molecule has 4 N–H and O–H groups in total. The van der Waals surface area contributed by atoms with Crippen molar-refractivity contribution in [2.45, 2.75) is 140 Å². The van der Waals surface area contributed by atoms with E-state index in [1.807, 2.05) is 0 Å². The van der Waals surface area contributed by atoms with Crippen LogP contribution >= 0.6 is 15.9 Å². The minimum Gasteiger partial charge on any atom is -1.00 e. The van der Waals surface area contributed by atoms with Crippen LogP contribution in [0.3, 0.4) is 0 Å². The first-order chi connectivity index (χ1) is 31.8. The zero-order valence-corrected chi connectivity index (χ0v) is 51.8. The zero-order valence-electron chi connectivity index (χ0n) is 43.9. The van der Waals surface area contributed by atoms with Gasteiger partial charge in [0.25, 0.3) is 6.47 Å². The van der Waals surface area contributed by atoms with Crippen LogP contribution in [0.4, 0.5) is 0 Å². The van der Waals surface area contributed by atoms with E-state index < -0.39 is 0 Å². The molecule has 4 aromatic rings. The van der Waals surface area contributed by atoms with Gasteiger partial charge in [0.1, 0.15) is 0 Å². The molecule has 0 saturated heterocycles. The number of carbonyl (C=O) groups excluding carboxylic acids is 1. The van der Waals surface area contributed by atoms with Crippen LogP contribution < -0.4 is 143 Å². The van der Waals surface area contributed by atoms with E-state index in [0.717, 1.165) is 102 Å². The Bertz CT molecular complexity index is 1620. The number of benzene rings is 4. The third-order valence-electron chi connectivity index (χ3n) is 12.0. The number of aliphatic hydroxyl groups is 2. The molecule has 0 radical (unpaired) electrons. The molecule has 0 aromatic heterocycles. The van der Waals surface area contributed by atoms with E-state index in [9.17, 15) is 5.11 Å². The quantitative estimate of drug-likeness (QED) is 0.0317. The largest absolute Gasteiger partial charge is 1.00 e. The molecule has 7 rings (SSSR count). The number of halogens is 1. The van der Waals surface area contributed by atoms with Crippen molar-refractivity contribution in [2.24, 2.45) is 5.73 Å². The minimum absolute atomic E-state index is 0. The van der Waals surface area contributed by atoms with Crippen molar-refractivity contribution in [1.82, 2.24) is 9.80 Å². The fourth-order valence-electron chi connectivity index (χ4n) is 8.38. The monoisotopic (exact) mass is 1070 g/mol. The molecule has 11 nitrogen and oxygen atoms in total. The molecule has 0 atom stereocenters. The number of nitrogens with zero attached hydrogens (tertiary/aromatic N) is 2. The van der Waals surface area contributed by atoms with Crippen molar-refractivity contribution >= 4 is 22.4 Å². The predicted octanol–water partition coefficient (Wildman–Crippen LogP) is -0.397. The van der Waals surface area contributed by atoms with Crippen molar-refractivity contribution in [1.29, 1.82) is 0 Å². The van der Waals surface area contributed by atoms with Gasteiger partial charge in [-0.25, -0.2) is 0 Å². The van der Waals surface area contributed by atoms with Crippen molar-refractivity contribution < 1.29 is 175 Å². The molecule has 3 aliphatic carbocycles. The summed E-state index contributed by atoms with van der Waals surface area (Å²) in [5.74, 6) is 0. The van der Waals surface area contributed by atoms with Gasteiger partial charge in [-0.3, -0.25) is 14.6 Å². The molecule has 0 spiro atoms. The van der Waals surface area contributed by atoms with E-state index in [1.165, 1.54) is 35.1 Å². The summed E-state index contributed by atoms with van der Waals surface area (Å²) in [4.78, 5) is 16.5. The summed E-state index contributed by atoms with van der Waals surface area (Å²) in [6.45, 7) is 6.01. The summed E-state index contributed by atoms with van der Waals surface area (Å²) < 4.78 is 15.7. The number of carbonyl (C=O) groups is 1. The van der Waals surface area contributed by atoms with Crippen LogP contribution in [-0.4, -0.2) is 102 Å². The molecule has 3 fully saturated rings. The van der Waals surface area contributed by atoms with E-state index in [2.05, 4.69) is 157 Å². The van der Waals surface area contributed by atoms with Gasteiger partial charge < -0.3 is 43.2 Å². The molecule has 68 heavy (non-hydrogen) atoms. The molecule has 0 bridgehead atoms. The zero-order chi connectivity index (χ0) is 46.7. The second kappa shape index (κ2) is 45.2. The minimum atomic E-state index is -0.181. The number of hydrogen-bond acceptors (Lipinski definition) is 11. The Morgan fingerprint density at radius 1 is 0.574 bits per heavy atom. The van der Waals surface area contributed by atoms with E-state index >= 15 is 0 Å². The molecule has 364 valence electrons. The van der Waals surface area contributed by atoms with Crippen molar-refractivity contribution in [3.63, 3.8) is 0 Å². The van der Waals surface area contributed by atoms with Crippen LogP contribution in [-0.2, 0) is 50.1 Å². The van der Waals surface area contributed by atoms with Gasteiger partial charge in [0.05, 0.1) is 38.1 Å². The van der Waals surface area contributed by atoms with Gasteiger partial charge in [-0.1, -0.05) is 137 Å². The number of rotatable bonds is 17. The standard InChI is InChI=1S/C23H31NO2.C20H25NO.C6H13NO.C3H7BrO.CH2O3.2K.Na.2H/c1-25-16-17-26-23-14-12-22(13-15-23)24(18-20-8-4-2-5-9-20)19-21-10-6-3-7-11-21;22-20-13-11-19(12-14-20)21(15-17-7-3-1-4-8-17)16-18-9-5-2-6-10-18;7-5-1-3-6(8)4-2-5;1-5-3-2-4;2-1-4-3;;;;;/h2-11,22-23H,12-19H2,1H3;1-10,19-20,22H,11-16H2;5-6,8H,1-4,7H2;2-3H2,1H3;1,3H;;;;;/q;;;;;3*+1;2*-1/p-1. The Morgan fingerprint density at radius 3 is 1.15 bits per heavy atom. The fraction of sp³-hybridized carbons (Fsp3) is 0.528. The Hall–Kier alpha value is 0.743. The average Bonchev–Trinajstić information content (AvgIpc) is 3.35. The molecular weight excluding hydrogens is 988 g/mol. The smallest absolute Gasteiger partial charge is 1.00 e. The summed E-state index contributed by atoms with van der Waals surface area (Å²) in [5.41, 5.74) is 11.1. The van der Waals surface area contributed by atoms with Gasteiger partial charge in [0.2, 0.25) is 0 Å². The molecule has 3 saturated carbocycles. The third kappa shape index (κ3) is 32.1. The van der Waals surface area contributed by atoms with Crippen LogP contribution in [0.5, 0.6) is 0 Å². The molecule has 3 aliphatic rings. The van der Waals surface area contributed by atoms with Gasteiger partial charge in [-0.05, 0) is 99.3 Å². The second-order valence-corrected chi connectivity index (χ2v) is 17.7. The number of hydrogen-bond donors (Lipinski definition) is 3. The van der Waals surface area contributed by atoms with Gasteiger partial charge in [-0.2, -0.15) is 0 Å². The van der Waals surface area contributed by atoms with E-state index in [-0.39, 0.29) is 154 Å². The Morgan fingerprint density at radius 2 is 0.882 bits per heavy atom. The third-order valence-corrected chi connectivity index (χ3v) is 12.3. The van der Waals surface area contributed by atoms with Crippen molar-refractivity contribution in [2.75, 3.05) is 39.4 Å². The number of methoxy groups -OCH3 is 2. The van der Waals surface area contributed by atoms with Crippen LogP contribution in [0, 0.1) is 0 Å². The molecule has 0 amide bonds.